The lowest BCUT2D eigenvalue weighted by Gasteiger charge is -2.16. The molecule has 20 heavy (non-hydrogen) atoms. The Bertz CT molecular complexity index is 596. The Morgan fingerprint density at radius 3 is 3.05 bits per heavy atom. The van der Waals surface area contributed by atoms with Gasteiger partial charge in [0.15, 0.2) is 6.04 Å². The zero-order valence-electron chi connectivity index (χ0n) is 11.6. The number of hydrazine groups is 1. The third kappa shape index (κ3) is 1.67. The van der Waals surface area contributed by atoms with Gasteiger partial charge in [0.25, 0.3) is 5.91 Å². The molecule has 2 saturated carbocycles. The van der Waals surface area contributed by atoms with E-state index in [9.17, 15) is 4.79 Å². The van der Waals surface area contributed by atoms with Gasteiger partial charge in [0, 0.05) is 11.5 Å². The van der Waals surface area contributed by atoms with Crippen LogP contribution in [0.3, 0.4) is 0 Å². The first-order chi connectivity index (χ1) is 9.76. The van der Waals surface area contributed by atoms with Crippen molar-refractivity contribution in [1.29, 1.82) is 0 Å². The van der Waals surface area contributed by atoms with Crippen LogP contribution in [0.2, 0.25) is 0 Å². The number of ether oxygens (including phenoxy) is 1. The molecule has 2 aliphatic carbocycles. The van der Waals surface area contributed by atoms with Crippen LogP contribution >= 0.6 is 0 Å². The summed E-state index contributed by atoms with van der Waals surface area (Å²) in [5, 5.41) is 0. The van der Waals surface area contributed by atoms with E-state index in [1.54, 1.807) is 7.11 Å². The first kappa shape index (κ1) is 11.9. The van der Waals surface area contributed by atoms with E-state index < -0.39 is 0 Å². The zero-order chi connectivity index (χ0) is 13.7. The number of fused-ring (bicyclic) bond motifs is 5. The smallest absolute Gasteiger partial charge is 0.284 e. The fraction of sp³-hybridized carbons (Fsp3) is 0.500. The standard InChI is InChI=1S/C16H18N2O2/c1-20-13-4-2-3-10(7-13)9-18-15-12-6-5-11(8-12)14(15)16(19)17-18/h2-4,7,9,11-12,14-15H,5-6,8H2,1H3/p+1/b18-9+. The molecule has 4 nitrogen and oxygen atoms in total. The van der Waals surface area contributed by atoms with E-state index in [-0.39, 0.29) is 11.8 Å². The Hall–Kier alpha value is -1.84. The van der Waals surface area contributed by atoms with Crippen LogP contribution in [-0.4, -0.2) is 30.0 Å². The van der Waals surface area contributed by atoms with Gasteiger partial charge >= 0.3 is 0 Å². The molecular weight excluding hydrogens is 252 g/mol. The number of carbonyl (C=O) groups is 1. The minimum Gasteiger partial charge on any atom is -0.497 e. The van der Waals surface area contributed by atoms with Crippen LogP contribution in [0.4, 0.5) is 0 Å². The van der Waals surface area contributed by atoms with Crippen molar-refractivity contribution < 1.29 is 14.2 Å². The molecule has 1 heterocycles. The molecule has 1 aromatic carbocycles. The van der Waals surface area contributed by atoms with Gasteiger partial charge in [-0.05, 0) is 43.4 Å². The predicted molar refractivity (Wildman–Crippen MR) is 74.7 cm³/mol. The van der Waals surface area contributed by atoms with Crippen LogP contribution in [0.5, 0.6) is 5.75 Å². The quantitative estimate of drug-likeness (QED) is 0.830. The SMILES string of the molecule is COc1cccc(/C=[N+]2/NC(=O)C3C4CCC(C4)C32)c1. The van der Waals surface area contributed by atoms with Crippen molar-refractivity contribution in [3.05, 3.63) is 29.8 Å². The van der Waals surface area contributed by atoms with Crippen molar-refractivity contribution in [1.82, 2.24) is 5.43 Å². The molecule has 3 fully saturated rings. The lowest BCUT2D eigenvalue weighted by atomic mass is 9.85. The van der Waals surface area contributed by atoms with Gasteiger partial charge < -0.3 is 4.74 Å². The molecule has 4 atom stereocenters. The molecule has 2 bridgehead atoms. The fourth-order valence-corrected chi connectivity index (χ4v) is 4.31. The summed E-state index contributed by atoms with van der Waals surface area (Å²) in [5.74, 6) is 2.53. The van der Waals surface area contributed by atoms with Crippen LogP contribution < -0.4 is 10.2 Å². The van der Waals surface area contributed by atoms with Crippen molar-refractivity contribution in [3.63, 3.8) is 0 Å². The summed E-state index contributed by atoms with van der Waals surface area (Å²) < 4.78 is 7.30. The molecule has 4 heteroatoms. The molecule has 1 N–H and O–H groups in total. The number of carbonyl (C=O) groups excluding carboxylic acids is 1. The highest BCUT2D eigenvalue weighted by Crippen LogP contribution is 2.51. The van der Waals surface area contributed by atoms with E-state index >= 15 is 0 Å². The van der Waals surface area contributed by atoms with Crippen LogP contribution in [0.15, 0.2) is 24.3 Å². The van der Waals surface area contributed by atoms with Crippen LogP contribution in [0.25, 0.3) is 0 Å². The maximum absolute atomic E-state index is 12.2. The average Bonchev–Trinajstić information content (AvgIpc) is 3.14. The van der Waals surface area contributed by atoms with Gasteiger partial charge in [0.05, 0.1) is 7.11 Å². The summed E-state index contributed by atoms with van der Waals surface area (Å²) >= 11 is 0. The summed E-state index contributed by atoms with van der Waals surface area (Å²) in [6, 6.07) is 8.29. The van der Waals surface area contributed by atoms with Gasteiger partial charge in [0.2, 0.25) is 6.21 Å². The summed E-state index contributed by atoms with van der Waals surface area (Å²) in [5.41, 5.74) is 4.10. The molecule has 1 aromatic rings. The lowest BCUT2D eigenvalue weighted by molar-refractivity contribution is -0.598. The van der Waals surface area contributed by atoms with Crippen molar-refractivity contribution in [2.24, 2.45) is 17.8 Å². The number of benzene rings is 1. The van der Waals surface area contributed by atoms with Gasteiger partial charge in [-0.15, -0.1) is 10.1 Å². The summed E-state index contributed by atoms with van der Waals surface area (Å²) in [6.07, 6.45) is 5.77. The Morgan fingerprint density at radius 2 is 2.20 bits per heavy atom. The highest BCUT2D eigenvalue weighted by molar-refractivity contribution is 5.83. The number of hydrazone groups is 1. The normalized spacial score (nSPS) is 36.2. The number of methoxy groups -OCH3 is 1. The maximum Gasteiger partial charge on any atom is 0.284 e. The summed E-state index contributed by atoms with van der Waals surface area (Å²) in [7, 11) is 1.67. The van der Waals surface area contributed by atoms with Gasteiger partial charge in [-0.3, -0.25) is 4.79 Å². The van der Waals surface area contributed by atoms with Gasteiger partial charge in [-0.1, -0.05) is 6.07 Å². The van der Waals surface area contributed by atoms with E-state index in [0.717, 1.165) is 11.3 Å². The van der Waals surface area contributed by atoms with Crippen LogP contribution in [-0.2, 0) is 4.79 Å². The Labute approximate surface area is 118 Å². The molecule has 4 rings (SSSR count). The predicted octanol–water partition coefficient (Wildman–Crippen LogP) is 1.59. The van der Waals surface area contributed by atoms with Crippen molar-refractivity contribution in [3.8, 4) is 5.75 Å². The molecular formula is C16H19N2O2+. The second kappa shape index (κ2) is 4.33. The van der Waals surface area contributed by atoms with Crippen molar-refractivity contribution >= 4 is 12.1 Å². The van der Waals surface area contributed by atoms with Gasteiger partial charge in [-0.2, -0.15) is 0 Å². The molecule has 1 saturated heterocycles. The Kier molecular flexibility index (Phi) is 2.59. The number of rotatable bonds is 2. The third-order valence-electron chi connectivity index (χ3n) is 5.12. The highest BCUT2D eigenvalue weighted by atomic mass is 16.5. The number of hydrogen-bond donors (Lipinski definition) is 1. The molecule has 0 radical (unpaired) electrons. The zero-order valence-corrected chi connectivity index (χ0v) is 11.6. The largest absolute Gasteiger partial charge is 0.497 e. The number of amides is 1. The maximum atomic E-state index is 12.2. The number of hydrogen-bond acceptors (Lipinski definition) is 2. The van der Waals surface area contributed by atoms with E-state index in [0.29, 0.717) is 17.9 Å². The lowest BCUT2D eigenvalue weighted by Crippen LogP contribution is -2.34. The number of nitrogens with zero attached hydrogens (tertiary/aromatic N) is 1. The van der Waals surface area contributed by atoms with Gasteiger partial charge in [-0.25, -0.2) is 0 Å². The number of nitrogens with one attached hydrogen (secondary N) is 1. The first-order valence-corrected chi connectivity index (χ1v) is 7.34. The fourth-order valence-electron chi connectivity index (χ4n) is 4.31. The van der Waals surface area contributed by atoms with E-state index in [2.05, 4.69) is 5.43 Å². The van der Waals surface area contributed by atoms with E-state index in [4.69, 9.17) is 4.74 Å². The topological polar surface area (TPSA) is 41.3 Å². The Morgan fingerprint density at radius 1 is 1.35 bits per heavy atom. The first-order valence-electron chi connectivity index (χ1n) is 7.34. The molecule has 1 aliphatic heterocycles. The second-order valence-electron chi connectivity index (χ2n) is 6.14. The Balaban J connectivity index is 1.68. The van der Waals surface area contributed by atoms with Crippen molar-refractivity contribution in [2.45, 2.75) is 25.3 Å². The molecule has 104 valence electrons. The third-order valence-corrected chi connectivity index (χ3v) is 5.12. The van der Waals surface area contributed by atoms with Crippen molar-refractivity contribution in [2.75, 3.05) is 7.11 Å². The van der Waals surface area contributed by atoms with Gasteiger partial charge in [0.1, 0.15) is 11.7 Å². The molecule has 4 unspecified atom stereocenters. The minimum absolute atomic E-state index is 0.204. The molecule has 3 aliphatic rings. The molecule has 0 aromatic heterocycles. The second-order valence-corrected chi connectivity index (χ2v) is 6.14. The summed E-state index contributed by atoms with van der Waals surface area (Å²) in [4.78, 5) is 12.2. The summed E-state index contributed by atoms with van der Waals surface area (Å²) in [6.45, 7) is 0. The van der Waals surface area contributed by atoms with Crippen LogP contribution in [0, 0.1) is 17.8 Å². The van der Waals surface area contributed by atoms with E-state index in [1.807, 2.05) is 35.2 Å². The molecule has 0 spiro atoms. The average molecular weight is 271 g/mol. The molecule has 1 amide bonds. The highest BCUT2D eigenvalue weighted by Gasteiger charge is 2.61. The van der Waals surface area contributed by atoms with E-state index in [1.165, 1.54) is 19.3 Å². The van der Waals surface area contributed by atoms with Crippen LogP contribution in [0.1, 0.15) is 24.8 Å². The minimum atomic E-state index is 0.204. The monoisotopic (exact) mass is 271 g/mol.